The zero-order chi connectivity index (χ0) is 14.8. The van der Waals surface area contributed by atoms with Gasteiger partial charge in [-0.3, -0.25) is 0 Å². The summed E-state index contributed by atoms with van der Waals surface area (Å²) in [5.41, 5.74) is 5.01. The predicted octanol–water partition coefficient (Wildman–Crippen LogP) is 4.82. The molecule has 0 spiro atoms. The molecule has 3 aromatic rings. The molecular weight excluding hydrogens is 371 g/mol. The van der Waals surface area contributed by atoms with Crippen molar-refractivity contribution in [3.63, 3.8) is 0 Å². The van der Waals surface area contributed by atoms with E-state index in [1.54, 1.807) is 0 Å². The molecule has 1 aromatic heterocycles. The van der Waals surface area contributed by atoms with Crippen LogP contribution in [-0.4, -0.2) is 9.55 Å². The van der Waals surface area contributed by atoms with Crippen LogP contribution < -0.4 is 0 Å². The van der Waals surface area contributed by atoms with E-state index in [1.807, 2.05) is 6.20 Å². The molecule has 0 fully saturated rings. The van der Waals surface area contributed by atoms with E-state index < -0.39 is 0 Å². The number of hydrogen-bond donors (Lipinski definition) is 0. The maximum absolute atomic E-state index is 4.60. The summed E-state index contributed by atoms with van der Waals surface area (Å²) in [5.74, 6) is 1.03. The fraction of sp³-hybridized carbons (Fsp3) is 0.167. The van der Waals surface area contributed by atoms with Gasteiger partial charge >= 0.3 is 0 Å². The average molecular weight is 388 g/mol. The Bertz CT molecular complexity index is 757. The first-order chi connectivity index (χ1) is 10.1. The molecule has 0 aliphatic rings. The molecule has 3 heteroatoms. The van der Waals surface area contributed by atoms with Crippen LogP contribution in [0.1, 0.15) is 16.8 Å². The normalized spacial score (nSPS) is 10.8. The zero-order valence-corrected chi connectivity index (χ0v) is 14.3. The lowest BCUT2D eigenvalue weighted by molar-refractivity contribution is 0.775. The molecule has 3 rings (SSSR count). The molecule has 2 aromatic carbocycles. The molecule has 0 atom stereocenters. The van der Waals surface area contributed by atoms with E-state index >= 15 is 0 Å². The minimum atomic E-state index is 0.861. The highest BCUT2D eigenvalue weighted by molar-refractivity contribution is 14.1. The summed E-state index contributed by atoms with van der Waals surface area (Å²) in [6.45, 7) is 5.13. The first-order valence-electron chi connectivity index (χ1n) is 6.98. The van der Waals surface area contributed by atoms with Gasteiger partial charge in [0, 0.05) is 27.6 Å². The summed E-state index contributed by atoms with van der Waals surface area (Å²) < 4.78 is 3.52. The first-order valence-corrected chi connectivity index (χ1v) is 8.05. The van der Waals surface area contributed by atoms with E-state index in [0.717, 1.165) is 17.9 Å². The molecule has 1 heterocycles. The molecule has 0 saturated heterocycles. The van der Waals surface area contributed by atoms with Crippen LogP contribution in [0.15, 0.2) is 54.7 Å². The van der Waals surface area contributed by atoms with Crippen molar-refractivity contribution in [1.29, 1.82) is 0 Å². The van der Waals surface area contributed by atoms with Crippen molar-refractivity contribution < 1.29 is 0 Å². The number of halogens is 1. The summed E-state index contributed by atoms with van der Waals surface area (Å²) >= 11 is 2.33. The Morgan fingerprint density at radius 2 is 1.71 bits per heavy atom. The Morgan fingerprint density at radius 3 is 2.43 bits per heavy atom. The van der Waals surface area contributed by atoms with Gasteiger partial charge in [-0.05, 0) is 59.7 Å². The van der Waals surface area contributed by atoms with Crippen LogP contribution in [0.2, 0.25) is 0 Å². The summed E-state index contributed by atoms with van der Waals surface area (Å²) in [6.07, 6.45) is 1.95. The van der Waals surface area contributed by atoms with Crippen LogP contribution in [0, 0.1) is 17.4 Å². The number of hydrogen-bond acceptors (Lipinski definition) is 1. The van der Waals surface area contributed by atoms with E-state index in [2.05, 4.69) is 94.5 Å². The first kappa shape index (κ1) is 14.3. The lowest BCUT2D eigenvalue weighted by Gasteiger charge is -2.12. The number of aromatic nitrogens is 2. The van der Waals surface area contributed by atoms with Crippen molar-refractivity contribution in [3.05, 3.63) is 75.1 Å². The second-order valence-electron chi connectivity index (χ2n) is 5.24. The standard InChI is InChI=1S/C18H17IN2/c1-13-5-3-4-6-16(13)12-21-14(2)11-20-18(21)15-7-9-17(19)10-8-15/h3-11H,12H2,1-2H3. The Balaban J connectivity index is 2.01. The van der Waals surface area contributed by atoms with E-state index in [4.69, 9.17) is 0 Å². The Morgan fingerprint density at radius 1 is 1.00 bits per heavy atom. The van der Waals surface area contributed by atoms with E-state index in [0.29, 0.717) is 0 Å². The Hall–Kier alpha value is -1.62. The molecule has 0 saturated carbocycles. The Kier molecular flexibility index (Phi) is 4.10. The molecule has 0 radical (unpaired) electrons. The molecule has 0 aliphatic carbocycles. The van der Waals surface area contributed by atoms with Gasteiger partial charge in [0.1, 0.15) is 5.82 Å². The van der Waals surface area contributed by atoms with E-state index in [-0.39, 0.29) is 0 Å². The molecule has 0 bridgehead atoms. The summed E-state index contributed by atoms with van der Waals surface area (Å²) in [6, 6.07) is 17.0. The van der Waals surface area contributed by atoms with Crippen molar-refractivity contribution in [2.75, 3.05) is 0 Å². The second kappa shape index (κ2) is 6.02. The molecule has 0 unspecified atom stereocenters. The highest BCUT2D eigenvalue weighted by Gasteiger charge is 2.10. The largest absolute Gasteiger partial charge is 0.324 e. The van der Waals surface area contributed by atoms with Gasteiger partial charge in [0.15, 0.2) is 0 Å². The fourth-order valence-corrected chi connectivity index (χ4v) is 2.81. The van der Waals surface area contributed by atoms with Crippen LogP contribution >= 0.6 is 22.6 Å². The SMILES string of the molecule is Cc1ccccc1Cn1c(C)cnc1-c1ccc(I)cc1. The van der Waals surface area contributed by atoms with Crippen molar-refractivity contribution in [2.24, 2.45) is 0 Å². The summed E-state index contributed by atoms with van der Waals surface area (Å²) in [7, 11) is 0. The van der Waals surface area contributed by atoms with Crippen LogP contribution in [0.4, 0.5) is 0 Å². The quantitative estimate of drug-likeness (QED) is 0.589. The van der Waals surface area contributed by atoms with Gasteiger partial charge in [-0.2, -0.15) is 0 Å². The van der Waals surface area contributed by atoms with Gasteiger partial charge in [-0.15, -0.1) is 0 Å². The predicted molar refractivity (Wildman–Crippen MR) is 95.4 cm³/mol. The molecule has 21 heavy (non-hydrogen) atoms. The van der Waals surface area contributed by atoms with Crippen molar-refractivity contribution >= 4 is 22.6 Å². The maximum atomic E-state index is 4.60. The van der Waals surface area contributed by atoms with Crippen LogP contribution in [-0.2, 0) is 6.54 Å². The molecule has 0 amide bonds. The molecule has 0 aliphatic heterocycles. The molecule has 2 nitrogen and oxygen atoms in total. The van der Waals surface area contributed by atoms with Gasteiger partial charge < -0.3 is 4.57 Å². The van der Waals surface area contributed by atoms with Crippen LogP contribution in [0.25, 0.3) is 11.4 Å². The lowest BCUT2D eigenvalue weighted by Crippen LogP contribution is -2.05. The highest BCUT2D eigenvalue weighted by Crippen LogP contribution is 2.22. The lowest BCUT2D eigenvalue weighted by atomic mass is 10.1. The van der Waals surface area contributed by atoms with Gasteiger partial charge in [-0.25, -0.2) is 4.98 Å². The number of nitrogens with zero attached hydrogens (tertiary/aromatic N) is 2. The summed E-state index contributed by atoms with van der Waals surface area (Å²) in [5, 5.41) is 0. The number of benzene rings is 2. The molecular formula is C18H17IN2. The fourth-order valence-electron chi connectivity index (χ4n) is 2.45. The zero-order valence-electron chi connectivity index (χ0n) is 12.2. The van der Waals surface area contributed by atoms with Gasteiger partial charge in [0.2, 0.25) is 0 Å². The smallest absolute Gasteiger partial charge is 0.140 e. The minimum Gasteiger partial charge on any atom is -0.324 e. The van der Waals surface area contributed by atoms with E-state index in [9.17, 15) is 0 Å². The third-order valence-electron chi connectivity index (χ3n) is 3.75. The Labute approximate surface area is 139 Å². The summed E-state index contributed by atoms with van der Waals surface area (Å²) in [4.78, 5) is 4.60. The van der Waals surface area contributed by atoms with Crippen molar-refractivity contribution in [3.8, 4) is 11.4 Å². The number of aryl methyl sites for hydroxylation is 2. The number of imidazole rings is 1. The maximum Gasteiger partial charge on any atom is 0.140 e. The van der Waals surface area contributed by atoms with Crippen LogP contribution in [0.3, 0.4) is 0 Å². The van der Waals surface area contributed by atoms with Gasteiger partial charge in [0.05, 0.1) is 0 Å². The monoisotopic (exact) mass is 388 g/mol. The topological polar surface area (TPSA) is 17.8 Å². The van der Waals surface area contributed by atoms with E-state index in [1.165, 1.54) is 20.4 Å². The number of rotatable bonds is 3. The van der Waals surface area contributed by atoms with Crippen molar-refractivity contribution in [1.82, 2.24) is 9.55 Å². The minimum absolute atomic E-state index is 0.861. The molecule has 0 N–H and O–H groups in total. The van der Waals surface area contributed by atoms with Crippen LogP contribution in [0.5, 0.6) is 0 Å². The third kappa shape index (κ3) is 3.02. The van der Waals surface area contributed by atoms with Gasteiger partial charge in [0.25, 0.3) is 0 Å². The third-order valence-corrected chi connectivity index (χ3v) is 4.47. The molecule has 106 valence electrons. The second-order valence-corrected chi connectivity index (χ2v) is 6.49. The highest BCUT2D eigenvalue weighted by atomic mass is 127. The van der Waals surface area contributed by atoms with Gasteiger partial charge in [-0.1, -0.05) is 36.4 Å². The average Bonchev–Trinajstić information content (AvgIpc) is 2.84. The van der Waals surface area contributed by atoms with Crippen molar-refractivity contribution in [2.45, 2.75) is 20.4 Å².